The monoisotopic (exact) mass is 242 g/mol. The molecule has 0 aromatic heterocycles. The quantitative estimate of drug-likeness (QED) is 0.367. The molecule has 4 heteroatoms. The normalized spacial score (nSPS) is 11.9. The van der Waals surface area contributed by atoms with Crippen LogP contribution in [0.5, 0.6) is 0 Å². The molecule has 2 N–H and O–H groups in total. The molecule has 0 atom stereocenters. The molecule has 0 aromatic rings. The minimum Gasteiger partial charge on any atom is -0.357 e. The smallest absolute Gasteiger partial charge is 0.191 e. The van der Waals surface area contributed by atoms with Crippen molar-refractivity contribution in [2.75, 3.05) is 39.3 Å². The summed E-state index contributed by atoms with van der Waals surface area (Å²) in [6.45, 7) is 14.9. The van der Waals surface area contributed by atoms with E-state index < -0.39 is 0 Å². The summed E-state index contributed by atoms with van der Waals surface area (Å²) in [7, 11) is 0. The molecule has 0 unspecified atom stereocenters. The molecule has 0 rings (SSSR count). The molecule has 0 radical (unpaired) electrons. The van der Waals surface area contributed by atoms with Crippen LogP contribution in [0.25, 0.3) is 0 Å². The van der Waals surface area contributed by atoms with Gasteiger partial charge in [-0.2, -0.15) is 0 Å². The molecule has 0 heterocycles. The summed E-state index contributed by atoms with van der Waals surface area (Å²) in [5.74, 6) is 0.953. The highest BCUT2D eigenvalue weighted by atomic mass is 15.2. The molecular formula is C13H30N4. The Bertz CT molecular complexity index is 188. The van der Waals surface area contributed by atoms with Gasteiger partial charge in [-0.25, -0.2) is 0 Å². The van der Waals surface area contributed by atoms with Gasteiger partial charge in [0, 0.05) is 19.6 Å². The second kappa shape index (κ2) is 11.7. The highest BCUT2D eigenvalue weighted by Gasteiger charge is 1.99. The number of nitrogens with zero attached hydrogens (tertiary/aromatic N) is 2. The van der Waals surface area contributed by atoms with E-state index in [4.69, 9.17) is 0 Å². The molecule has 0 aromatic carbocycles. The maximum Gasteiger partial charge on any atom is 0.191 e. The van der Waals surface area contributed by atoms with Crippen LogP contribution >= 0.6 is 0 Å². The lowest BCUT2D eigenvalue weighted by atomic mass is 10.3. The van der Waals surface area contributed by atoms with Crippen molar-refractivity contribution in [3.05, 3.63) is 0 Å². The Balaban J connectivity index is 3.74. The minimum absolute atomic E-state index is 0.894. The van der Waals surface area contributed by atoms with E-state index in [9.17, 15) is 0 Å². The van der Waals surface area contributed by atoms with E-state index in [1.54, 1.807) is 0 Å². The van der Waals surface area contributed by atoms with Gasteiger partial charge in [-0.15, -0.1) is 0 Å². The van der Waals surface area contributed by atoms with Crippen molar-refractivity contribution >= 4 is 5.96 Å². The molecule has 0 aliphatic heterocycles. The Kier molecular flexibility index (Phi) is 11.2. The number of hydrogen-bond acceptors (Lipinski definition) is 2. The van der Waals surface area contributed by atoms with Gasteiger partial charge in [0.2, 0.25) is 0 Å². The summed E-state index contributed by atoms with van der Waals surface area (Å²) >= 11 is 0. The number of rotatable bonds is 9. The number of nitrogens with one attached hydrogen (secondary N) is 2. The van der Waals surface area contributed by atoms with Crippen LogP contribution in [0.15, 0.2) is 4.99 Å². The molecule has 0 bridgehead atoms. The Morgan fingerprint density at radius 1 is 1.06 bits per heavy atom. The first-order valence-corrected chi connectivity index (χ1v) is 7.02. The molecule has 0 saturated carbocycles. The van der Waals surface area contributed by atoms with Crippen molar-refractivity contribution in [3.63, 3.8) is 0 Å². The summed E-state index contributed by atoms with van der Waals surface area (Å²) < 4.78 is 0. The van der Waals surface area contributed by atoms with Gasteiger partial charge < -0.3 is 15.5 Å². The van der Waals surface area contributed by atoms with Crippen LogP contribution < -0.4 is 10.6 Å². The average molecular weight is 242 g/mol. The maximum absolute atomic E-state index is 4.47. The van der Waals surface area contributed by atoms with Crippen molar-refractivity contribution in [3.8, 4) is 0 Å². The molecule has 0 spiro atoms. The zero-order valence-corrected chi connectivity index (χ0v) is 12.1. The Hall–Kier alpha value is -0.770. The van der Waals surface area contributed by atoms with Crippen molar-refractivity contribution in [1.82, 2.24) is 15.5 Å². The molecule has 0 aliphatic rings. The second-order valence-corrected chi connectivity index (χ2v) is 4.07. The molecule has 4 nitrogen and oxygen atoms in total. The summed E-state index contributed by atoms with van der Waals surface area (Å²) in [6, 6.07) is 0. The van der Waals surface area contributed by atoms with Gasteiger partial charge >= 0.3 is 0 Å². The van der Waals surface area contributed by atoms with Crippen LogP contribution in [-0.2, 0) is 0 Å². The Morgan fingerprint density at radius 3 is 2.29 bits per heavy atom. The number of hydrogen-bond donors (Lipinski definition) is 2. The van der Waals surface area contributed by atoms with Crippen molar-refractivity contribution in [1.29, 1.82) is 0 Å². The predicted molar refractivity (Wildman–Crippen MR) is 76.7 cm³/mol. The highest BCUT2D eigenvalue weighted by Crippen LogP contribution is 1.89. The van der Waals surface area contributed by atoms with E-state index in [1.807, 2.05) is 0 Å². The van der Waals surface area contributed by atoms with Crippen LogP contribution in [0.4, 0.5) is 0 Å². The fourth-order valence-corrected chi connectivity index (χ4v) is 1.61. The van der Waals surface area contributed by atoms with Crippen molar-refractivity contribution < 1.29 is 0 Å². The largest absolute Gasteiger partial charge is 0.357 e. The zero-order chi connectivity index (χ0) is 12.9. The molecular weight excluding hydrogens is 212 g/mol. The summed E-state index contributed by atoms with van der Waals surface area (Å²) in [5, 5.41) is 6.63. The Morgan fingerprint density at radius 2 is 1.76 bits per heavy atom. The SMILES string of the molecule is CCCN=C(NCC)NCCCN(CC)CC. The fraction of sp³-hybridized carbons (Fsp3) is 0.923. The number of guanidine groups is 1. The molecule has 0 aliphatic carbocycles. The molecule has 0 fully saturated rings. The van der Waals surface area contributed by atoms with Crippen LogP contribution in [0.1, 0.15) is 40.5 Å². The minimum atomic E-state index is 0.894. The van der Waals surface area contributed by atoms with Gasteiger partial charge in [0.1, 0.15) is 0 Å². The molecule has 17 heavy (non-hydrogen) atoms. The number of aliphatic imine (C=N–C) groups is 1. The predicted octanol–water partition coefficient (Wildman–Crippen LogP) is 1.68. The van der Waals surface area contributed by atoms with Crippen LogP contribution in [0.2, 0.25) is 0 Å². The first-order chi connectivity index (χ1) is 8.28. The van der Waals surface area contributed by atoms with Gasteiger partial charge in [0.25, 0.3) is 0 Å². The molecule has 102 valence electrons. The molecule has 0 saturated heterocycles. The summed E-state index contributed by atoms with van der Waals surface area (Å²) in [4.78, 5) is 6.91. The first kappa shape index (κ1) is 16.2. The lowest BCUT2D eigenvalue weighted by molar-refractivity contribution is 0.300. The van der Waals surface area contributed by atoms with E-state index >= 15 is 0 Å². The van der Waals surface area contributed by atoms with Gasteiger partial charge in [-0.05, 0) is 39.4 Å². The van der Waals surface area contributed by atoms with Crippen molar-refractivity contribution in [2.45, 2.75) is 40.5 Å². The third-order valence-corrected chi connectivity index (χ3v) is 2.68. The van der Waals surface area contributed by atoms with Crippen LogP contribution in [-0.4, -0.2) is 50.1 Å². The average Bonchev–Trinajstić information content (AvgIpc) is 2.36. The van der Waals surface area contributed by atoms with Gasteiger partial charge in [0.15, 0.2) is 5.96 Å². The maximum atomic E-state index is 4.47. The third-order valence-electron chi connectivity index (χ3n) is 2.68. The Labute approximate surface area is 107 Å². The highest BCUT2D eigenvalue weighted by molar-refractivity contribution is 5.79. The van der Waals surface area contributed by atoms with Gasteiger partial charge in [0.05, 0.1) is 0 Å². The van der Waals surface area contributed by atoms with Crippen molar-refractivity contribution in [2.24, 2.45) is 4.99 Å². The van der Waals surface area contributed by atoms with Gasteiger partial charge in [-0.3, -0.25) is 4.99 Å². The molecule has 0 amide bonds. The van der Waals surface area contributed by atoms with Crippen LogP contribution in [0.3, 0.4) is 0 Å². The zero-order valence-electron chi connectivity index (χ0n) is 12.1. The lowest BCUT2D eigenvalue weighted by Gasteiger charge is -2.18. The first-order valence-electron chi connectivity index (χ1n) is 7.02. The van der Waals surface area contributed by atoms with E-state index in [0.29, 0.717) is 0 Å². The third kappa shape index (κ3) is 8.98. The van der Waals surface area contributed by atoms with E-state index in [1.165, 1.54) is 0 Å². The van der Waals surface area contributed by atoms with Crippen LogP contribution in [0, 0.1) is 0 Å². The van der Waals surface area contributed by atoms with E-state index in [0.717, 1.165) is 58.1 Å². The summed E-state index contributed by atoms with van der Waals surface area (Å²) in [5.41, 5.74) is 0. The van der Waals surface area contributed by atoms with Gasteiger partial charge in [-0.1, -0.05) is 20.8 Å². The lowest BCUT2D eigenvalue weighted by Crippen LogP contribution is -2.38. The topological polar surface area (TPSA) is 39.7 Å². The van der Waals surface area contributed by atoms with E-state index in [-0.39, 0.29) is 0 Å². The standard InChI is InChI=1S/C13H30N4/c1-5-10-15-13(14-6-2)16-11-9-12-17(7-3)8-4/h5-12H2,1-4H3,(H2,14,15,16). The summed E-state index contributed by atoms with van der Waals surface area (Å²) in [6.07, 6.45) is 2.26. The second-order valence-electron chi connectivity index (χ2n) is 4.07. The fourth-order valence-electron chi connectivity index (χ4n) is 1.61. The van der Waals surface area contributed by atoms with E-state index in [2.05, 4.69) is 48.2 Å².